The molecule has 0 atom stereocenters. The molecule has 1 aliphatic rings. The molecule has 3 radical (unpaired) electrons. The molecule has 0 aromatic heterocycles. The molecule has 105 valence electrons. The largest absolute Gasteiger partial charge is 0.486 e. The SMILES string of the molecule is [B]N([B]c1ccc2c(c1)OCCO2)C/C(C=C)=C/C=C\C. The second-order valence-corrected chi connectivity index (χ2v) is 4.68. The van der Waals surface area contributed by atoms with E-state index in [4.69, 9.17) is 17.5 Å². The van der Waals surface area contributed by atoms with Gasteiger partial charge in [-0.05, 0) is 24.6 Å². The Balaban J connectivity index is 1.99. The van der Waals surface area contributed by atoms with Crippen molar-refractivity contribution in [1.29, 1.82) is 0 Å². The molecular weight excluding hydrogens is 260 g/mol. The Morgan fingerprint density at radius 2 is 2.14 bits per heavy atom. The Morgan fingerprint density at radius 1 is 1.38 bits per heavy atom. The minimum absolute atomic E-state index is 0.579. The fourth-order valence-corrected chi connectivity index (χ4v) is 1.99. The second kappa shape index (κ2) is 7.79. The first-order valence-corrected chi connectivity index (χ1v) is 6.93. The molecule has 2 rings (SSSR count). The molecule has 1 aromatic carbocycles. The summed E-state index contributed by atoms with van der Waals surface area (Å²) in [6.07, 6.45) is 7.73. The average molecular weight is 278 g/mol. The van der Waals surface area contributed by atoms with Crippen molar-refractivity contribution in [2.45, 2.75) is 6.92 Å². The van der Waals surface area contributed by atoms with Crippen molar-refractivity contribution < 1.29 is 9.47 Å². The molecule has 3 nitrogen and oxygen atoms in total. The van der Waals surface area contributed by atoms with Crippen LogP contribution in [0.5, 0.6) is 11.5 Å². The standard InChI is InChI=1S/C16H18B2NO2/c1-3-5-6-13(4-2)12-19(17)18-14-7-8-15-16(11-14)21-10-9-20-15/h3-8,11H,2,9-10,12H2,1H3/b5-3-,13-6+. The van der Waals surface area contributed by atoms with Gasteiger partial charge in [-0.2, -0.15) is 0 Å². The molecule has 0 amide bonds. The van der Waals surface area contributed by atoms with Crippen LogP contribution in [0.2, 0.25) is 0 Å². The van der Waals surface area contributed by atoms with Crippen LogP contribution in [0.3, 0.4) is 0 Å². The molecule has 1 aromatic rings. The predicted molar refractivity (Wildman–Crippen MR) is 88.4 cm³/mol. The molecular formula is C16H18B2NO2. The van der Waals surface area contributed by atoms with Gasteiger partial charge in [-0.3, -0.25) is 0 Å². The smallest absolute Gasteiger partial charge is 0.235 e. The van der Waals surface area contributed by atoms with E-state index in [1.807, 2.05) is 50.8 Å². The van der Waals surface area contributed by atoms with E-state index in [9.17, 15) is 0 Å². The number of benzene rings is 1. The molecule has 0 unspecified atom stereocenters. The minimum atomic E-state index is 0.579. The van der Waals surface area contributed by atoms with E-state index >= 15 is 0 Å². The zero-order chi connectivity index (χ0) is 15.1. The average Bonchev–Trinajstić information content (AvgIpc) is 2.51. The van der Waals surface area contributed by atoms with Gasteiger partial charge < -0.3 is 14.2 Å². The van der Waals surface area contributed by atoms with Gasteiger partial charge in [-0.1, -0.05) is 42.4 Å². The highest BCUT2D eigenvalue weighted by Gasteiger charge is 2.13. The van der Waals surface area contributed by atoms with Gasteiger partial charge in [-0.15, -0.1) is 0 Å². The fraction of sp³-hybridized carbons (Fsp3) is 0.250. The topological polar surface area (TPSA) is 21.7 Å². The maximum Gasteiger partial charge on any atom is 0.235 e. The van der Waals surface area contributed by atoms with Crippen molar-refractivity contribution >= 4 is 20.9 Å². The van der Waals surface area contributed by atoms with Crippen LogP contribution < -0.4 is 14.9 Å². The lowest BCUT2D eigenvalue weighted by Gasteiger charge is -2.21. The lowest BCUT2D eigenvalue weighted by molar-refractivity contribution is 0.172. The number of allylic oxidation sites excluding steroid dienone is 3. The lowest BCUT2D eigenvalue weighted by atomic mass is 9.77. The van der Waals surface area contributed by atoms with Crippen molar-refractivity contribution in [3.63, 3.8) is 0 Å². The summed E-state index contributed by atoms with van der Waals surface area (Å²) in [6.45, 7) is 7.53. The quantitative estimate of drug-likeness (QED) is 0.584. The number of fused-ring (bicyclic) bond motifs is 1. The summed E-state index contributed by atoms with van der Waals surface area (Å²) in [7, 11) is 7.89. The van der Waals surface area contributed by atoms with Gasteiger partial charge in [0.25, 0.3) is 0 Å². The van der Waals surface area contributed by atoms with Gasteiger partial charge in [-0.25, -0.2) is 0 Å². The zero-order valence-corrected chi connectivity index (χ0v) is 12.3. The number of rotatable bonds is 6. The third-order valence-corrected chi connectivity index (χ3v) is 3.01. The van der Waals surface area contributed by atoms with Gasteiger partial charge in [0.2, 0.25) is 7.41 Å². The predicted octanol–water partition coefficient (Wildman–Crippen LogP) is 1.78. The number of hydrogen-bond acceptors (Lipinski definition) is 3. The summed E-state index contributed by atoms with van der Waals surface area (Å²) in [4.78, 5) is 0. The number of nitrogens with zero attached hydrogens (tertiary/aromatic N) is 1. The summed E-state index contributed by atoms with van der Waals surface area (Å²) >= 11 is 0. The van der Waals surface area contributed by atoms with Crippen molar-refractivity contribution in [1.82, 2.24) is 4.72 Å². The van der Waals surface area contributed by atoms with Crippen LogP contribution in [0.1, 0.15) is 6.92 Å². The highest BCUT2D eigenvalue weighted by atomic mass is 16.6. The molecule has 0 N–H and O–H groups in total. The Kier molecular flexibility index (Phi) is 5.76. The summed E-state index contributed by atoms with van der Waals surface area (Å²) < 4.78 is 12.7. The van der Waals surface area contributed by atoms with Gasteiger partial charge >= 0.3 is 0 Å². The van der Waals surface area contributed by atoms with Crippen molar-refractivity contribution in [3.05, 3.63) is 54.7 Å². The van der Waals surface area contributed by atoms with E-state index in [0.29, 0.717) is 19.8 Å². The third kappa shape index (κ3) is 4.57. The van der Waals surface area contributed by atoms with Crippen LogP contribution >= 0.6 is 0 Å². The van der Waals surface area contributed by atoms with Gasteiger partial charge in [0.15, 0.2) is 19.5 Å². The second-order valence-electron chi connectivity index (χ2n) is 4.68. The van der Waals surface area contributed by atoms with E-state index in [0.717, 1.165) is 22.5 Å². The van der Waals surface area contributed by atoms with E-state index in [-0.39, 0.29) is 0 Å². The molecule has 21 heavy (non-hydrogen) atoms. The Hall–Kier alpha value is -1.87. The van der Waals surface area contributed by atoms with Crippen LogP contribution in [0.15, 0.2) is 54.7 Å². The maximum absolute atomic E-state index is 6.02. The highest BCUT2D eigenvalue weighted by molar-refractivity contribution is 6.56. The van der Waals surface area contributed by atoms with Crippen LogP contribution in [-0.4, -0.2) is 39.9 Å². The monoisotopic (exact) mass is 278 g/mol. The van der Waals surface area contributed by atoms with Crippen LogP contribution in [0.4, 0.5) is 0 Å². The zero-order valence-electron chi connectivity index (χ0n) is 12.3. The van der Waals surface area contributed by atoms with Crippen molar-refractivity contribution in [2.75, 3.05) is 19.8 Å². The molecule has 1 aliphatic heterocycles. The van der Waals surface area contributed by atoms with Crippen LogP contribution in [0.25, 0.3) is 0 Å². The first kappa shape index (κ1) is 15.5. The van der Waals surface area contributed by atoms with Gasteiger partial charge in [0.1, 0.15) is 13.2 Å². The first-order valence-electron chi connectivity index (χ1n) is 6.93. The minimum Gasteiger partial charge on any atom is -0.486 e. The molecule has 0 spiro atoms. The Labute approximate surface area is 128 Å². The van der Waals surface area contributed by atoms with Gasteiger partial charge in [0, 0.05) is 6.54 Å². The molecule has 0 bridgehead atoms. The molecule has 0 fully saturated rings. The molecule has 0 saturated heterocycles. The van der Waals surface area contributed by atoms with Gasteiger partial charge in [0.05, 0.1) is 0 Å². The van der Waals surface area contributed by atoms with Crippen LogP contribution in [-0.2, 0) is 0 Å². The van der Waals surface area contributed by atoms with Crippen LogP contribution in [0, 0.1) is 0 Å². The summed E-state index contributed by atoms with van der Waals surface area (Å²) in [5, 5.41) is 0. The summed E-state index contributed by atoms with van der Waals surface area (Å²) in [5.74, 6) is 1.54. The number of ether oxygens (including phenoxy) is 2. The maximum atomic E-state index is 6.02. The van der Waals surface area contributed by atoms with E-state index < -0.39 is 0 Å². The lowest BCUT2D eigenvalue weighted by Crippen LogP contribution is -2.35. The summed E-state index contributed by atoms with van der Waals surface area (Å²) in [6, 6.07) is 5.78. The Bertz CT molecular complexity index is 555. The molecule has 5 heteroatoms. The normalized spacial score (nSPS) is 14.5. The molecule has 1 heterocycles. The van der Waals surface area contributed by atoms with E-state index in [1.165, 1.54) is 0 Å². The third-order valence-electron chi connectivity index (χ3n) is 3.01. The fourth-order valence-electron chi connectivity index (χ4n) is 1.99. The highest BCUT2D eigenvalue weighted by Crippen LogP contribution is 2.27. The number of hydrogen-bond donors (Lipinski definition) is 0. The summed E-state index contributed by atoms with van der Waals surface area (Å²) in [5.41, 5.74) is 2.01. The van der Waals surface area contributed by atoms with Crippen molar-refractivity contribution in [2.24, 2.45) is 0 Å². The first-order chi connectivity index (χ1) is 10.2. The molecule has 0 saturated carbocycles. The van der Waals surface area contributed by atoms with Crippen molar-refractivity contribution in [3.8, 4) is 11.5 Å². The Morgan fingerprint density at radius 3 is 2.86 bits per heavy atom. The van der Waals surface area contributed by atoms with E-state index in [1.54, 1.807) is 10.8 Å². The molecule has 0 aliphatic carbocycles. The van der Waals surface area contributed by atoms with E-state index in [2.05, 4.69) is 6.58 Å².